The standard InChI is InChI=1S/C13H16FNO2S/c14-10-1-2-12(11(7-10)13(16)17)15-8-9-3-5-18-6-4-9/h1-2,7,9,15H,3-6,8H2,(H,16,17). The molecule has 0 aliphatic carbocycles. The molecule has 1 fully saturated rings. The van der Waals surface area contributed by atoms with Gasteiger partial charge in [-0.2, -0.15) is 11.8 Å². The molecular weight excluding hydrogens is 253 g/mol. The van der Waals surface area contributed by atoms with Gasteiger partial charge in [0, 0.05) is 12.2 Å². The smallest absolute Gasteiger partial charge is 0.337 e. The predicted octanol–water partition coefficient (Wildman–Crippen LogP) is 3.08. The molecule has 2 rings (SSSR count). The van der Waals surface area contributed by atoms with Crippen LogP contribution in [0.15, 0.2) is 18.2 Å². The molecule has 18 heavy (non-hydrogen) atoms. The summed E-state index contributed by atoms with van der Waals surface area (Å²) in [5, 5.41) is 12.2. The Balaban J connectivity index is 2.01. The first kappa shape index (κ1) is 13.2. The van der Waals surface area contributed by atoms with E-state index >= 15 is 0 Å². The minimum atomic E-state index is -1.10. The summed E-state index contributed by atoms with van der Waals surface area (Å²) >= 11 is 1.96. The van der Waals surface area contributed by atoms with Crippen LogP contribution in [0.1, 0.15) is 23.2 Å². The maximum absolute atomic E-state index is 13.0. The van der Waals surface area contributed by atoms with Gasteiger partial charge in [-0.1, -0.05) is 0 Å². The fourth-order valence-electron chi connectivity index (χ4n) is 2.05. The Morgan fingerprint density at radius 2 is 2.17 bits per heavy atom. The van der Waals surface area contributed by atoms with Crippen LogP contribution < -0.4 is 5.32 Å². The normalized spacial score (nSPS) is 16.5. The zero-order chi connectivity index (χ0) is 13.0. The van der Waals surface area contributed by atoms with E-state index in [1.54, 1.807) is 0 Å². The van der Waals surface area contributed by atoms with E-state index in [0.29, 0.717) is 11.6 Å². The molecule has 1 aliphatic rings. The van der Waals surface area contributed by atoms with Crippen LogP contribution in [0.5, 0.6) is 0 Å². The molecule has 1 saturated heterocycles. The first-order chi connectivity index (χ1) is 8.66. The lowest BCUT2D eigenvalue weighted by Crippen LogP contribution is -2.20. The largest absolute Gasteiger partial charge is 0.478 e. The molecular formula is C13H16FNO2S. The van der Waals surface area contributed by atoms with Gasteiger partial charge in [0.1, 0.15) is 5.82 Å². The van der Waals surface area contributed by atoms with Crippen molar-refractivity contribution in [1.82, 2.24) is 0 Å². The van der Waals surface area contributed by atoms with E-state index in [9.17, 15) is 9.18 Å². The first-order valence-corrected chi connectivity index (χ1v) is 7.17. The van der Waals surface area contributed by atoms with E-state index < -0.39 is 11.8 Å². The number of carboxylic acids is 1. The fraction of sp³-hybridized carbons (Fsp3) is 0.462. The summed E-state index contributed by atoms with van der Waals surface area (Å²) in [7, 11) is 0. The van der Waals surface area contributed by atoms with E-state index in [0.717, 1.165) is 25.5 Å². The van der Waals surface area contributed by atoms with Crippen molar-refractivity contribution in [3.8, 4) is 0 Å². The van der Waals surface area contributed by atoms with Crippen LogP contribution in [0.25, 0.3) is 0 Å². The van der Waals surface area contributed by atoms with E-state index in [2.05, 4.69) is 5.32 Å². The zero-order valence-electron chi connectivity index (χ0n) is 9.99. The number of benzene rings is 1. The summed E-state index contributed by atoms with van der Waals surface area (Å²) < 4.78 is 13.0. The first-order valence-electron chi connectivity index (χ1n) is 6.01. The summed E-state index contributed by atoms with van der Waals surface area (Å²) in [4.78, 5) is 11.0. The van der Waals surface area contributed by atoms with Crippen molar-refractivity contribution in [2.45, 2.75) is 12.8 Å². The molecule has 0 saturated carbocycles. The van der Waals surface area contributed by atoms with E-state index in [1.807, 2.05) is 11.8 Å². The second-order valence-electron chi connectivity index (χ2n) is 4.43. The maximum atomic E-state index is 13.0. The molecule has 0 radical (unpaired) electrons. The Morgan fingerprint density at radius 3 is 2.83 bits per heavy atom. The third kappa shape index (κ3) is 3.38. The molecule has 5 heteroatoms. The lowest BCUT2D eigenvalue weighted by atomic mass is 10.0. The molecule has 1 heterocycles. The quantitative estimate of drug-likeness (QED) is 0.882. The third-order valence-electron chi connectivity index (χ3n) is 3.13. The molecule has 0 aromatic heterocycles. The highest BCUT2D eigenvalue weighted by molar-refractivity contribution is 7.99. The van der Waals surface area contributed by atoms with Crippen molar-refractivity contribution in [2.75, 3.05) is 23.4 Å². The minimum Gasteiger partial charge on any atom is -0.478 e. The van der Waals surface area contributed by atoms with E-state index in [-0.39, 0.29) is 5.56 Å². The van der Waals surface area contributed by atoms with Crippen LogP contribution >= 0.6 is 11.8 Å². The number of rotatable bonds is 4. The Kier molecular flexibility index (Phi) is 4.47. The van der Waals surface area contributed by atoms with Crippen molar-refractivity contribution in [1.29, 1.82) is 0 Å². The van der Waals surface area contributed by atoms with Gasteiger partial charge < -0.3 is 10.4 Å². The van der Waals surface area contributed by atoms with Crippen LogP contribution in [-0.4, -0.2) is 29.1 Å². The van der Waals surface area contributed by atoms with Crippen LogP contribution in [0.2, 0.25) is 0 Å². The maximum Gasteiger partial charge on any atom is 0.337 e. The van der Waals surface area contributed by atoms with Crippen molar-refractivity contribution in [2.24, 2.45) is 5.92 Å². The topological polar surface area (TPSA) is 49.3 Å². The van der Waals surface area contributed by atoms with Gasteiger partial charge in [-0.3, -0.25) is 0 Å². The third-order valence-corrected chi connectivity index (χ3v) is 4.18. The number of hydrogen-bond donors (Lipinski definition) is 2. The van der Waals surface area contributed by atoms with Crippen LogP contribution in [0.4, 0.5) is 10.1 Å². The van der Waals surface area contributed by atoms with Gasteiger partial charge in [-0.25, -0.2) is 9.18 Å². The van der Waals surface area contributed by atoms with Gasteiger partial charge >= 0.3 is 5.97 Å². The number of carboxylic acid groups (broad SMARTS) is 1. The molecule has 0 bridgehead atoms. The Bertz CT molecular complexity index is 433. The molecule has 3 nitrogen and oxygen atoms in total. The highest BCUT2D eigenvalue weighted by Crippen LogP contribution is 2.24. The number of carbonyl (C=O) groups is 1. The SMILES string of the molecule is O=C(O)c1cc(F)ccc1NCC1CCSCC1. The summed E-state index contributed by atoms with van der Waals surface area (Å²) in [6, 6.07) is 3.84. The van der Waals surface area contributed by atoms with Crippen molar-refractivity contribution >= 4 is 23.4 Å². The molecule has 1 aliphatic heterocycles. The summed E-state index contributed by atoms with van der Waals surface area (Å²) in [5.41, 5.74) is 0.502. The number of halogens is 1. The summed E-state index contributed by atoms with van der Waals surface area (Å²) in [6.07, 6.45) is 2.31. The molecule has 0 unspecified atom stereocenters. The monoisotopic (exact) mass is 269 g/mol. The molecule has 2 N–H and O–H groups in total. The summed E-state index contributed by atoms with van der Waals surface area (Å²) in [6.45, 7) is 0.756. The van der Waals surface area contributed by atoms with Crippen molar-refractivity contribution in [3.05, 3.63) is 29.6 Å². The fourth-order valence-corrected chi connectivity index (χ4v) is 3.26. The molecule has 98 valence electrons. The van der Waals surface area contributed by atoms with Crippen LogP contribution in [0, 0.1) is 11.7 Å². The molecule has 0 amide bonds. The second kappa shape index (κ2) is 6.09. The van der Waals surface area contributed by atoms with Crippen molar-refractivity contribution in [3.63, 3.8) is 0 Å². The lowest BCUT2D eigenvalue weighted by molar-refractivity contribution is 0.0697. The average molecular weight is 269 g/mol. The lowest BCUT2D eigenvalue weighted by Gasteiger charge is -2.22. The van der Waals surface area contributed by atoms with Gasteiger partial charge in [0.05, 0.1) is 5.56 Å². The summed E-state index contributed by atoms with van der Waals surface area (Å²) in [5.74, 6) is 1.30. The Morgan fingerprint density at radius 1 is 1.44 bits per heavy atom. The van der Waals surface area contributed by atoms with E-state index in [1.165, 1.54) is 23.6 Å². The molecule has 0 spiro atoms. The van der Waals surface area contributed by atoms with Crippen LogP contribution in [-0.2, 0) is 0 Å². The minimum absolute atomic E-state index is 0.000171. The van der Waals surface area contributed by atoms with Gasteiger partial charge in [0.15, 0.2) is 0 Å². The number of thioether (sulfide) groups is 1. The van der Waals surface area contributed by atoms with Crippen LogP contribution in [0.3, 0.4) is 0 Å². The highest BCUT2D eigenvalue weighted by atomic mass is 32.2. The van der Waals surface area contributed by atoms with Gasteiger partial charge in [0.25, 0.3) is 0 Å². The highest BCUT2D eigenvalue weighted by Gasteiger charge is 2.15. The number of anilines is 1. The number of aromatic carboxylic acids is 1. The van der Waals surface area contributed by atoms with E-state index in [4.69, 9.17) is 5.11 Å². The number of nitrogens with one attached hydrogen (secondary N) is 1. The molecule has 1 aromatic rings. The Labute approximate surface area is 110 Å². The van der Waals surface area contributed by atoms with Crippen molar-refractivity contribution < 1.29 is 14.3 Å². The zero-order valence-corrected chi connectivity index (χ0v) is 10.8. The Hall–Kier alpha value is -1.23. The molecule has 0 atom stereocenters. The van der Waals surface area contributed by atoms with Gasteiger partial charge in [0.2, 0.25) is 0 Å². The van der Waals surface area contributed by atoms with Gasteiger partial charge in [-0.05, 0) is 48.5 Å². The number of hydrogen-bond acceptors (Lipinski definition) is 3. The predicted molar refractivity (Wildman–Crippen MR) is 71.9 cm³/mol. The molecule has 1 aromatic carbocycles. The average Bonchev–Trinajstić information content (AvgIpc) is 2.38. The van der Waals surface area contributed by atoms with Gasteiger partial charge in [-0.15, -0.1) is 0 Å². The second-order valence-corrected chi connectivity index (χ2v) is 5.66.